The van der Waals surface area contributed by atoms with E-state index in [9.17, 15) is 4.79 Å². The van der Waals surface area contributed by atoms with Gasteiger partial charge in [0.15, 0.2) is 0 Å². The molecule has 3 aliphatic rings. The van der Waals surface area contributed by atoms with Gasteiger partial charge in [0, 0.05) is 38.9 Å². The minimum absolute atomic E-state index is 0.154. The standard InChI is InChI=1S/C14H25N3O2/c15-14(4-9-19-10-5-14)13(18)17-8-7-16-6-2-1-3-12(16)11-17/h12H,1-11,15H2. The fraction of sp³-hybridized carbons (Fsp3) is 0.929. The molecule has 3 heterocycles. The van der Waals surface area contributed by atoms with Crippen LogP contribution in [0.4, 0.5) is 0 Å². The van der Waals surface area contributed by atoms with E-state index in [1.54, 1.807) is 0 Å². The van der Waals surface area contributed by atoms with Crippen molar-refractivity contribution in [2.24, 2.45) is 5.73 Å². The van der Waals surface area contributed by atoms with Crippen LogP contribution in [0.15, 0.2) is 0 Å². The van der Waals surface area contributed by atoms with Gasteiger partial charge in [-0.05, 0) is 32.2 Å². The van der Waals surface area contributed by atoms with Gasteiger partial charge in [0.1, 0.15) is 0 Å². The summed E-state index contributed by atoms with van der Waals surface area (Å²) in [5, 5.41) is 0. The SMILES string of the molecule is NC1(C(=O)N2CCN3CCCCC3C2)CCOCC1. The molecular weight excluding hydrogens is 242 g/mol. The maximum atomic E-state index is 12.7. The Balaban J connectivity index is 1.64. The van der Waals surface area contributed by atoms with Gasteiger partial charge < -0.3 is 15.4 Å². The van der Waals surface area contributed by atoms with Gasteiger partial charge in [0.2, 0.25) is 5.91 Å². The number of rotatable bonds is 1. The Hall–Kier alpha value is -0.650. The molecule has 0 spiro atoms. The number of hydrogen-bond donors (Lipinski definition) is 1. The largest absolute Gasteiger partial charge is 0.381 e. The number of carbonyl (C=O) groups is 1. The summed E-state index contributed by atoms with van der Waals surface area (Å²) in [5.41, 5.74) is 5.65. The highest BCUT2D eigenvalue weighted by molar-refractivity contribution is 5.86. The first-order valence-electron chi connectivity index (χ1n) is 7.59. The summed E-state index contributed by atoms with van der Waals surface area (Å²) in [6.07, 6.45) is 5.16. The highest BCUT2D eigenvalue weighted by Crippen LogP contribution is 2.25. The van der Waals surface area contributed by atoms with Crippen LogP contribution in [-0.2, 0) is 9.53 Å². The van der Waals surface area contributed by atoms with E-state index in [1.807, 2.05) is 4.90 Å². The lowest BCUT2D eigenvalue weighted by molar-refractivity contribution is -0.144. The smallest absolute Gasteiger partial charge is 0.242 e. The van der Waals surface area contributed by atoms with Crippen LogP contribution in [0.5, 0.6) is 0 Å². The molecule has 3 aliphatic heterocycles. The molecule has 5 nitrogen and oxygen atoms in total. The maximum absolute atomic E-state index is 12.7. The minimum Gasteiger partial charge on any atom is -0.381 e. The maximum Gasteiger partial charge on any atom is 0.242 e. The molecule has 0 radical (unpaired) electrons. The molecule has 0 bridgehead atoms. The zero-order chi connectivity index (χ0) is 13.3. The van der Waals surface area contributed by atoms with Crippen LogP contribution in [0.2, 0.25) is 0 Å². The summed E-state index contributed by atoms with van der Waals surface area (Å²) < 4.78 is 5.33. The second-order valence-corrected chi connectivity index (χ2v) is 6.21. The molecule has 0 aromatic rings. The van der Waals surface area contributed by atoms with Gasteiger partial charge in [0.25, 0.3) is 0 Å². The highest BCUT2D eigenvalue weighted by atomic mass is 16.5. The van der Waals surface area contributed by atoms with Crippen molar-refractivity contribution in [2.45, 2.75) is 43.7 Å². The predicted octanol–water partition coefficient (Wildman–Crippen LogP) is 0.191. The van der Waals surface area contributed by atoms with Crippen molar-refractivity contribution < 1.29 is 9.53 Å². The van der Waals surface area contributed by atoms with Gasteiger partial charge in [0.05, 0.1) is 5.54 Å². The highest BCUT2D eigenvalue weighted by Gasteiger charge is 2.41. The topological polar surface area (TPSA) is 58.8 Å². The molecule has 108 valence electrons. The lowest BCUT2D eigenvalue weighted by atomic mass is 9.88. The van der Waals surface area contributed by atoms with E-state index in [0.29, 0.717) is 32.1 Å². The van der Waals surface area contributed by atoms with Gasteiger partial charge in [-0.1, -0.05) is 6.42 Å². The van der Waals surface area contributed by atoms with Gasteiger partial charge in [-0.25, -0.2) is 0 Å². The molecule has 3 rings (SSSR count). The van der Waals surface area contributed by atoms with Crippen molar-refractivity contribution in [1.29, 1.82) is 0 Å². The fourth-order valence-corrected chi connectivity index (χ4v) is 3.60. The summed E-state index contributed by atoms with van der Waals surface area (Å²) in [6.45, 7) is 5.17. The Bertz CT molecular complexity index is 342. The van der Waals surface area contributed by atoms with E-state index >= 15 is 0 Å². The second kappa shape index (κ2) is 5.38. The third-order valence-corrected chi connectivity index (χ3v) is 4.94. The normalized spacial score (nSPS) is 31.8. The predicted molar refractivity (Wildman–Crippen MR) is 72.8 cm³/mol. The number of piperidine rings is 1. The van der Waals surface area contributed by atoms with E-state index in [-0.39, 0.29) is 5.91 Å². The van der Waals surface area contributed by atoms with Crippen LogP contribution in [0.3, 0.4) is 0 Å². The lowest BCUT2D eigenvalue weighted by Crippen LogP contribution is -2.63. The molecule has 0 aromatic carbocycles. The molecule has 5 heteroatoms. The first kappa shape index (κ1) is 13.3. The Labute approximate surface area is 115 Å². The quantitative estimate of drug-likeness (QED) is 0.737. The molecule has 3 saturated heterocycles. The molecule has 19 heavy (non-hydrogen) atoms. The Kier molecular flexibility index (Phi) is 3.78. The average Bonchev–Trinajstić information content (AvgIpc) is 2.47. The van der Waals surface area contributed by atoms with Gasteiger partial charge in [-0.15, -0.1) is 0 Å². The number of hydrogen-bond acceptors (Lipinski definition) is 4. The van der Waals surface area contributed by atoms with Crippen LogP contribution in [0, 0.1) is 0 Å². The molecular formula is C14H25N3O2. The molecule has 3 fully saturated rings. The van der Waals surface area contributed by atoms with Gasteiger partial charge in [-0.3, -0.25) is 9.69 Å². The lowest BCUT2D eigenvalue weighted by Gasteiger charge is -2.46. The minimum atomic E-state index is -0.672. The zero-order valence-electron chi connectivity index (χ0n) is 11.6. The van der Waals surface area contributed by atoms with Crippen LogP contribution in [0.1, 0.15) is 32.1 Å². The summed E-state index contributed by atoms with van der Waals surface area (Å²) in [4.78, 5) is 17.2. The zero-order valence-corrected chi connectivity index (χ0v) is 11.6. The van der Waals surface area contributed by atoms with E-state index in [4.69, 9.17) is 10.5 Å². The molecule has 1 atom stereocenters. The second-order valence-electron chi connectivity index (χ2n) is 6.21. The van der Waals surface area contributed by atoms with Gasteiger partial charge >= 0.3 is 0 Å². The van der Waals surface area contributed by atoms with Crippen molar-refractivity contribution in [3.8, 4) is 0 Å². The molecule has 0 aromatic heterocycles. The van der Waals surface area contributed by atoms with Crippen molar-refractivity contribution in [1.82, 2.24) is 9.80 Å². The number of amides is 1. The Morgan fingerprint density at radius 3 is 2.74 bits per heavy atom. The fourth-order valence-electron chi connectivity index (χ4n) is 3.60. The first-order chi connectivity index (χ1) is 9.19. The molecule has 0 saturated carbocycles. The Morgan fingerprint density at radius 1 is 1.16 bits per heavy atom. The van der Waals surface area contributed by atoms with Gasteiger partial charge in [-0.2, -0.15) is 0 Å². The molecule has 1 unspecified atom stereocenters. The number of nitrogens with zero attached hydrogens (tertiary/aromatic N) is 2. The number of ether oxygens (including phenoxy) is 1. The molecule has 0 aliphatic carbocycles. The summed E-state index contributed by atoms with van der Waals surface area (Å²) in [5.74, 6) is 0.154. The number of carbonyl (C=O) groups excluding carboxylic acids is 1. The van der Waals surface area contributed by atoms with E-state index in [0.717, 1.165) is 19.6 Å². The van der Waals surface area contributed by atoms with E-state index in [2.05, 4.69) is 4.90 Å². The van der Waals surface area contributed by atoms with E-state index in [1.165, 1.54) is 25.8 Å². The monoisotopic (exact) mass is 267 g/mol. The van der Waals surface area contributed by atoms with E-state index < -0.39 is 5.54 Å². The van der Waals surface area contributed by atoms with Crippen molar-refractivity contribution in [3.05, 3.63) is 0 Å². The van der Waals surface area contributed by atoms with Crippen molar-refractivity contribution in [3.63, 3.8) is 0 Å². The Morgan fingerprint density at radius 2 is 1.95 bits per heavy atom. The average molecular weight is 267 g/mol. The van der Waals surface area contributed by atoms with Crippen molar-refractivity contribution in [2.75, 3.05) is 39.4 Å². The summed E-state index contributed by atoms with van der Waals surface area (Å²) >= 11 is 0. The van der Waals surface area contributed by atoms with Crippen molar-refractivity contribution >= 4 is 5.91 Å². The summed E-state index contributed by atoms with van der Waals surface area (Å²) in [6, 6.07) is 0.565. The third-order valence-electron chi connectivity index (χ3n) is 4.94. The summed E-state index contributed by atoms with van der Waals surface area (Å²) in [7, 11) is 0. The third kappa shape index (κ3) is 2.64. The first-order valence-corrected chi connectivity index (χ1v) is 7.59. The van der Waals surface area contributed by atoms with Crippen LogP contribution >= 0.6 is 0 Å². The molecule has 2 N–H and O–H groups in total. The number of piperazine rings is 1. The molecule has 1 amide bonds. The number of fused-ring (bicyclic) bond motifs is 1. The van der Waals surface area contributed by atoms with Crippen LogP contribution in [-0.4, -0.2) is 66.7 Å². The number of nitrogens with two attached hydrogens (primary N) is 1. The van der Waals surface area contributed by atoms with Crippen LogP contribution in [0.25, 0.3) is 0 Å². The van der Waals surface area contributed by atoms with Crippen LogP contribution < -0.4 is 5.73 Å².